The molecule has 1 fully saturated rings. The third-order valence-electron chi connectivity index (χ3n) is 4.58. The number of hydrogen-bond acceptors (Lipinski definition) is 6. The molecule has 0 aliphatic carbocycles. The minimum Gasteiger partial charge on any atom is -0.338 e. The van der Waals surface area contributed by atoms with E-state index in [0.29, 0.717) is 38.7 Å². The van der Waals surface area contributed by atoms with Gasteiger partial charge >= 0.3 is 0 Å². The molecule has 8 nitrogen and oxygen atoms in total. The van der Waals surface area contributed by atoms with Gasteiger partial charge in [0.15, 0.2) is 0 Å². The molecule has 26 heavy (non-hydrogen) atoms. The molecule has 0 bridgehead atoms. The fourth-order valence-corrected chi connectivity index (χ4v) is 4.56. The molecular formula is C17H20N6O2S. The minimum absolute atomic E-state index is 0.0647. The van der Waals surface area contributed by atoms with Crippen LogP contribution in [0.3, 0.4) is 0 Å². The number of hydrogen-bond donors (Lipinski definition) is 0. The van der Waals surface area contributed by atoms with E-state index < -0.39 is 10.0 Å². The number of sulfonamides is 1. The van der Waals surface area contributed by atoms with E-state index in [2.05, 4.69) is 15.0 Å². The van der Waals surface area contributed by atoms with Crippen molar-refractivity contribution in [3.8, 4) is 0 Å². The molecule has 0 radical (unpaired) electrons. The molecule has 1 aliphatic heterocycles. The summed E-state index contributed by atoms with van der Waals surface area (Å²) in [5.74, 6) is 0.712. The molecule has 0 amide bonds. The van der Waals surface area contributed by atoms with Crippen molar-refractivity contribution in [2.45, 2.75) is 6.54 Å². The summed E-state index contributed by atoms with van der Waals surface area (Å²) in [5.41, 5.74) is 1.83. The average Bonchev–Trinajstić information content (AvgIpc) is 3.11. The number of anilines is 1. The number of para-hydroxylation sites is 2. The van der Waals surface area contributed by atoms with Gasteiger partial charge in [0.25, 0.3) is 0 Å². The molecule has 4 rings (SSSR count). The van der Waals surface area contributed by atoms with Crippen LogP contribution in [0.1, 0.15) is 0 Å². The van der Waals surface area contributed by atoms with E-state index in [1.54, 1.807) is 29.1 Å². The van der Waals surface area contributed by atoms with Crippen molar-refractivity contribution in [1.29, 1.82) is 0 Å². The predicted octanol–water partition coefficient (Wildman–Crippen LogP) is 0.978. The van der Waals surface area contributed by atoms with Crippen molar-refractivity contribution in [3.05, 3.63) is 49.1 Å². The number of rotatable bonds is 5. The van der Waals surface area contributed by atoms with Crippen LogP contribution in [0.15, 0.2) is 49.1 Å². The highest BCUT2D eigenvalue weighted by Crippen LogP contribution is 2.15. The fourth-order valence-electron chi connectivity index (χ4n) is 3.15. The maximum atomic E-state index is 12.7. The second-order valence-corrected chi connectivity index (χ2v) is 8.27. The van der Waals surface area contributed by atoms with Crippen molar-refractivity contribution in [1.82, 2.24) is 23.8 Å². The van der Waals surface area contributed by atoms with E-state index >= 15 is 0 Å². The highest BCUT2D eigenvalue weighted by molar-refractivity contribution is 7.89. The lowest BCUT2D eigenvalue weighted by atomic mass is 10.3. The maximum absolute atomic E-state index is 12.7. The van der Waals surface area contributed by atoms with Crippen LogP contribution in [-0.4, -0.2) is 64.2 Å². The van der Waals surface area contributed by atoms with Crippen molar-refractivity contribution in [2.24, 2.45) is 0 Å². The highest BCUT2D eigenvalue weighted by Gasteiger charge is 2.27. The van der Waals surface area contributed by atoms with E-state index in [4.69, 9.17) is 0 Å². The summed E-state index contributed by atoms with van der Waals surface area (Å²) in [5, 5.41) is 0. The number of aromatic nitrogens is 4. The van der Waals surface area contributed by atoms with Gasteiger partial charge in [0.05, 0.1) is 23.1 Å². The van der Waals surface area contributed by atoms with Crippen LogP contribution in [0.25, 0.3) is 11.0 Å². The fraction of sp³-hybridized carbons (Fsp3) is 0.353. The molecule has 2 aromatic heterocycles. The number of piperazine rings is 1. The number of nitrogens with zero attached hydrogens (tertiary/aromatic N) is 6. The SMILES string of the molecule is O=S(=O)(CCn1cnc2ccccc21)N1CCN(c2ncccn2)CC1. The van der Waals surface area contributed by atoms with Gasteiger partial charge in [-0.1, -0.05) is 12.1 Å². The zero-order valence-corrected chi connectivity index (χ0v) is 15.1. The van der Waals surface area contributed by atoms with Crippen LogP contribution in [0.2, 0.25) is 0 Å². The summed E-state index contributed by atoms with van der Waals surface area (Å²) < 4.78 is 28.9. The average molecular weight is 372 g/mol. The Bertz CT molecular complexity index is 981. The Morgan fingerprint density at radius 3 is 2.42 bits per heavy atom. The summed E-state index contributed by atoms with van der Waals surface area (Å²) in [6, 6.07) is 9.50. The molecule has 136 valence electrons. The van der Waals surface area contributed by atoms with Crippen molar-refractivity contribution < 1.29 is 8.42 Å². The molecule has 0 N–H and O–H groups in total. The second-order valence-electron chi connectivity index (χ2n) is 6.18. The summed E-state index contributed by atoms with van der Waals surface area (Å²) in [4.78, 5) is 14.8. The van der Waals surface area contributed by atoms with Crippen LogP contribution >= 0.6 is 0 Å². The Morgan fingerprint density at radius 2 is 1.65 bits per heavy atom. The highest BCUT2D eigenvalue weighted by atomic mass is 32.2. The largest absolute Gasteiger partial charge is 0.338 e. The first-order valence-electron chi connectivity index (χ1n) is 8.53. The van der Waals surface area contributed by atoms with Gasteiger partial charge in [0.2, 0.25) is 16.0 Å². The minimum atomic E-state index is -3.32. The van der Waals surface area contributed by atoms with Crippen molar-refractivity contribution in [2.75, 3.05) is 36.8 Å². The van der Waals surface area contributed by atoms with Gasteiger partial charge < -0.3 is 9.47 Å². The lowest BCUT2D eigenvalue weighted by Crippen LogP contribution is -2.50. The molecule has 3 aromatic rings. The molecule has 1 aliphatic rings. The van der Waals surface area contributed by atoms with Crippen LogP contribution in [0.4, 0.5) is 5.95 Å². The first-order valence-corrected chi connectivity index (χ1v) is 10.1. The second kappa shape index (κ2) is 7.00. The lowest BCUT2D eigenvalue weighted by Gasteiger charge is -2.33. The van der Waals surface area contributed by atoms with E-state index in [-0.39, 0.29) is 5.75 Å². The van der Waals surface area contributed by atoms with E-state index in [1.807, 2.05) is 33.7 Å². The standard InChI is InChI=1S/C17H20N6O2S/c24-26(25,13-12-22-14-20-15-4-1-2-5-16(15)22)23-10-8-21(9-11-23)17-18-6-3-7-19-17/h1-7,14H,8-13H2. The third-order valence-corrected chi connectivity index (χ3v) is 6.43. The molecule has 1 aromatic carbocycles. The Kier molecular flexibility index (Phi) is 4.56. The third kappa shape index (κ3) is 3.40. The van der Waals surface area contributed by atoms with Crippen LogP contribution in [-0.2, 0) is 16.6 Å². The van der Waals surface area contributed by atoms with Gasteiger partial charge in [0.1, 0.15) is 0 Å². The van der Waals surface area contributed by atoms with Crippen molar-refractivity contribution >= 4 is 27.0 Å². The molecular weight excluding hydrogens is 352 g/mol. The number of benzene rings is 1. The van der Waals surface area contributed by atoms with E-state index in [1.165, 1.54) is 0 Å². The number of fused-ring (bicyclic) bond motifs is 1. The smallest absolute Gasteiger partial charge is 0.225 e. The Morgan fingerprint density at radius 1 is 0.923 bits per heavy atom. The predicted molar refractivity (Wildman–Crippen MR) is 99.3 cm³/mol. The first kappa shape index (κ1) is 16.9. The molecule has 9 heteroatoms. The summed E-state index contributed by atoms with van der Waals surface area (Å²) in [6.45, 7) is 2.48. The van der Waals surface area contributed by atoms with E-state index in [9.17, 15) is 8.42 Å². The molecule has 0 atom stereocenters. The van der Waals surface area contributed by atoms with E-state index in [0.717, 1.165) is 11.0 Å². The number of aryl methyl sites for hydroxylation is 1. The van der Waals surface area contributed by atoms with Gasteiger partial charge in [-0.25, -0.2) is 23.4 Å². The quantitative estimate of drug-likeness (QED) is 0.664. The Hall–Kier alpha value is -2.52. The molecule has 0 saturated carbocycles. The van der Waals surface area contributed by atoms with Gasteiger partial charge in [-0.2, -0.15) is 4.31 Å². The zero-order valence-electron chi connectivity index (χ0n) is 14.3. The van der Waals surface area contributed by atoms with Crippen LogP contribution < -0.4 is 4.90 Å². The zero-order chi connectivity index (χ0) is 18.0. The van der Waals surface area contributed by atoms with Crippen LogP contribution in [0, 0.1) is 0 Å². The maximum Gasteiger partial charge on any atom is 0.225 e. The van der Waals surface area contributed by atoms with Gasteiger partial charge in [-0.15, -0.1) is 0 Å². The monoisotopic (exact) mass is 372 g/mol. The Labute approximate surface area is 152 Å². The summed E-state index contributed by atoms with van der Waals surface area (Å²) in [6.07, 6.45) is 5.09. The van der Waals surface area contributed by atoms with Gasteiger partial charge in [-0.3, -0.25) is 0 Å². The lowest BCUT2D eigenvalue weighted by molar-refractivity contribution is 0.381. The van der Waals surface area contributed by atoms with Gasteiger partial charge in [-0.05, 0) is 18.2 Å². The molecule has 0 spiro atoms. The normalized spacial score (nSPS) is 16.2. The summed E-state index contributed by atoms with van der Waals surface area (Å²) in [7, 11) is -3.32. The molecule has 3 heterocycles. The topological polar surface area (TPSA) is 84.2 Å². The Balaban J connectivity index is 1.38. The number of imidazole rings is 1. The van der Waals surface area contributed by atoms with Gasteiger partial charge in [0, 0.05) is 45.1 Å². The van der Waals surface area contributed by atoms with Crippen molar-refractivity contribution in [3.63, 3.8) is 0 Å². The van der Waals surface area contributed by atoms with Crippen LogP contribution in [0.5, 0.6) is 0 Å². The summed E-state index contributed by atoms with van der Waals surface area (Å²) >= 11 is 0. The molecule has 1 saturated heterocycles. The first-order chi connectivity index (χ1) is 12.6. The molecule has 0 unspecified atom stereocenters.